The van der Waals surface area contributed by atoms with Gasteiger partial charge in [-0.2, -0.15) is 5.10 Å². The van der Waals surface area contributed by atoms with Crippen LogP contribution in [0.25, 0.3) is 0 Å². The molecule has 2 heterocycles. The largest absolute Gasteiger partial charge is 0.386 e. The number of aromatic nitrogens is 3. The van der Waals surface area contributed by atoms with E-state index in [1.807, 2.05) is 23.7 Å². The van der Waals surface area contributed by atoms with Gasteiger partial charge in [0, 0.05) is 24.0 Å². The van der Waals surface area contributed by atoms with E-state index in [0.29, 0.717) is 11.0 Å². The van der Waals surface area contributed by atoms with Gasteiger partial charge in [-0.25, -0.2) is 9.67 Å². The Morgan fingerprint density at radius 1 is 1.52 bits per heavy atom. The van der Waals surface area contributed by atoms with Crippen LogP contribution in [0.4, 0.5) is 0 Å². The van der Waals surface area contributed by atoms with Crippen molar-refractivity contribution in [1.82, 2.24) is 25.4 Å². The lowest BCUT2D eigenvalue weighted by molar-refractivity contribution is 0.187. The van der Waals surface area contributed by atoms with Crippen LogP contribution in [0, 0.1) is 0 Å². The third kappa shape index (κ3) is 4.70. The van der Waals surface area contributed by atoms with Crippen LogP contribution in [0.3, 0.4) is 0 Å². The number of fused-ring (bicyclic) bond motifs is 1. The van der Waals surface area contributed by atoms with Crippen molar-refractivity contribution in [2.24, 2.45) is 4.99 Å². The average molecular weight is 363 g/mol. The lowest BCUT2D eigenvalue weighted by atomic mass is 10.1. The quantitative estimate of drug-likeness (QED) is 0.554. The standard InChI is InChI=1S/C17H23ClN6O/c1-2-19-17(20-9-15(25)12-4-3-5-13(18)8-12)23-14-6-7-16-21-11-22-24(16)10-14/h3-5,8,11,14-15,25H,2,6-7,9-10H2,1H3,(H2,19,20,23). The van der Waals surface area contributed by atoms with E-state index in [9.17, 15) is 5.11 Å². The Balaban J connectivity index is 1.61. The zero-order valence-corrected chi connectivity index (χ0v) is 14.9. The zero-order chi connectivity index (χ0) is 17.6. The first-order valence-corrected chi connectivity index (χ1v) is 8.88. The molecule has 3 N–H and O–H groups in total. The first-order valence-electron chi connectivity index (χ1n) is 8.50. The molecule has 2 aromatic rings. The third-order valence-electron chi connectivity index (χ3n) is 4.15. The van der Waals surface area contributed by atoms with Gasteiger partial charge in [-0.1, -0.05) is 23.7 Å². The molecule has 7 nitrogen and oxygen atoms in total. The van der Waals surface area contributed by atoms with Crippen LogP contribution in [0.15, 0.2) is 35.6 Å². The number of aliphatic imine (C=N–C) groups is 1. The molecule has 0 bridgehead atoms. The maximum Gasteiger partial charge on any atom is 0.191 e. The van der Waals surface area contributed by atoms with E-state index in [2.05, 4.69) is 25.7 Å². The summed E-state index contributed by atoms with van der Waals surface area (Å²) in [4.78, 5) is 8.75. The van der Waals surface area contributed by atoms with Crippen LogP contribution in [0.1, 0.15) is 30.8 Å². The van der Waals surface area contributed by atoms with Gasteiger partial charge < -0.3 is 15.7 Å². The third-order valence-corrected chi connectivity index (χ3v) is 4.38. The highest BCUT2D eigenvalue weighted by atomic mass is 35.5. The monoisotopic (exact) mass is 362 g/mol. The van der Waals surface area contributed by atoms with Gasteiger partial charge in [-0.15, -0.1) is 0 Å². The van der Waals surface area contributed by atoms with Crippen LogP contribution in [-0.4, -0.2) is 45.0 Å². The summed E-state index contributed by atoms with van der Waals surface area (Å²) in [5.41, 5.74) is 0.761. The summed E-state index contributed by atoms with van der Waals surface area (Å²) < 4.78 is 1.92. The van der Waals surface area contributed by atoms with E-state index in [0.717, 1.165) is 37.3 Å². The minimum absolute atomic E-state index is 0.232. The summed E-state index contributed by atoms with van der Waals surface area (Å²) >= 11 is 5.98. The van der Waals surface area contributed by atoms with Crippen LogP contribution in [-0.2, 0) is 13.0 Å². The van der Waals surface area contributed by atoms with Crippen molar-refractivity contribution >= 4 is 17.6 Å². The fraction of sp³-hybridized carbons (Fsp3) is 0.471. The fourth-order valence-electron chi connectivity index (χ4n) is 2.87. The minimum Gasteiger partial charge on any atom is -0.386 e. The molecule has 0 amide bonds. The summed E-state index contributed by atoms with van der Waals surface area (Å²) in [5, 5.41) is 21.8. The van der Waals surface area contributed by atoms with Gasteiger partial charge in [-0.3, -0.25) is 4.99 Å². The molecule has 25 heavy (non-hydrogen) atoms. The highest BCUT2D eigenvalue weighted by molar-refractivity contribution is 6.30. The molecule has 0 radical (unpaired) electrons. The average Bonchev–Trinajstić information content (AvgIpc) is 3.07. The number of aliphatic hydroxyl groups is 1. The molecular formula is C17H23ClN6O. The second-order valence-electron chi connectivity index (χ2n) is 6.03. The molecule has 0 aliphatic carbocycles. The first kappa shape index (κ1) is 17.7. The maximum absolute atomic E-state index is 10.3. The molecule has 1 aliphatic heterocycles. The zero-order valence-electron chi connectivity index (χ0n) is 14.2. The second kappa shape index (κ2) is 8.31. The number of guanidine groups is 1. The fourth-order valence-corrected chi connectivity index (χ4v) is 3.06. The second-order valence-corrected chi connectivity index (χ2v) is 6.47. The Labute approximate surface area is 152 Å². The number of hydrogen-bond acceptors (Lipinski definition) is 4. The molecule has 8 heteroatoms. The van der Waals surface area contributed by atoms with E-state index in [4.69, 9.17) is 11.6 Å². The van der Waals surface area contributed by atoms with Crippen LogP contribution in [0.5, 0.6) is 0 Å². The number of aliphatic hydroxyl groups excluding tert-OH is 1. The van der Waals surface area contributed by atoms with Gasteiger partial charge in [-0.05, 0) is 31.0 Å². The topological polar surface area (TPSA) is 87.4 Å². The maximum atomic E-state index is 10.3. The van der Waals surface area contributed by atoms with Crippen molar-refractivity contribution in [3.8, 4) is 0 Å². The van der Waals surface area contributed by atoms with E-state index in [1.165, 1.54) is 0 Å². The van der Waals surface area contributed by atoms with Crippen molar-refractivity contribution in [3.05, 3.63) is 47.0 Å². The van der Waals surface area contributed by atoms with Crippen LogP contribution < -0.4 is 10.6 Å². The van der Waals surface area contributed by atoms with Crippen molar-refractivity contribution in [1.29, 1.82) is 0 Å². The molecule has 0 spiro atoms. The van der Waals surface area contributed by atoms with E-state index in [-0.39, 0.29) is 12.6 Å². The number of rotatable bonds is 5. The molecule has 0 saturated heterocycles. The van der Waals surface area contributed by atoms with Gasteiger partial charge in [0.1, 0.15) is 12.2 Å². The van der Waals surface area contributed by atoms with E-state index >= 15 is 0 Å². The Morgan fingerprint density at radius 2 is 2.40 bits per heavy atom. The van der Waals surface area contributed by atoms with Gasteiger partial charge in [0.15, 0.2) is 5.96 Å². The van der Waals surface area contributed by atoms with Gasteiger partial charge in [0.05, 0.1) is 19.2 Å². The predicted octanol–water partition coefficient (Wildman–Crippen LogP) is 1.53. The summed E-state index contributed by atoms with van der Waals surface area (Å²) in [6, 6.07) is 7.45. The number of nitrogens with one attached hydrogen (secondary N) is 2. The molecular weight excluding hydrogens is 340 g/mol. The summed E-state index contributed by atoms with van der Waals surface area (Å²) in [5.74, 6) is 1.72. The summed E-state index contributed by atoms with van der Waals surface area (Å²) in [7, 11) is 0. The lowest BCUT2D eigenvalue weighted by Gasteiger charge is -2.25. The smallest absolute Gasteiger partial charge is 0.191 e. The molecule has 1 aliphatic rings. The molecule has 134 valence electrons. The molecule has 2 unspecified atom stereocenters. The number of benzene rings is 1. The SMILES string of the molecule is CCNC(=NCC(O)c1cccc(Cl)c1)NC1CCc2ncnn2C1. The normalized spacial score (nSPS) is 18.5. The predicted molar refractivity (Wildman–Crippen MR) is 97.7 cm³/mol. The van der Waals surface area contributed by atoms with Crippen LogP contribution in [0.2, 0.25) is 5.02 Å². The van der Waals surface area contributed by atoms with Crippen molar-refractivity contribution in [3.63, 3.8) is 0 Å². The number of nitrogens with zero attached hydrogens (tertiary/aromatic N) is 4. The molecule has 3 rings (SSSR count). The van der Waals surface area contributed by atoms with Crippen molar-refractivity contribution < 1.29 is 5.11 Å². The molecule has 1 aromatic carbocycles. The van der Waals surface area contributed by atoms with Crippen molar-refractivity contribution in [2.45, 2.75) is 38.5 Å². The van der Waals surface area contributed by atoms with E-state index < -0.39 is 6.10 Å². The Morgan fingerprint density at radius 3 is 3.20 bits per heavy atom. The Hall–Kier alpha value is -2.12. The van der Waals surface area contributed by atoms with Crippen LogP contribution >= 0.6 is 11.6 Å². The first-order chi connectivity index (χ1) is 12.2. The van der Waals surface area contributed by atoms with Gasteiger partial charge in [0.2, 0.25) is 0 Å². The highest BCUT2D eigenvalue weighted by Gasteiger charge is 2.20. The number of halogens is 1. The number of hydrogen-bond donors (Lipinski definition) is 3. The van der Waals surface area contributed by atoms with Crippen molar-refractivity contribution in [2.75, 3.05) is 13.1 Å². The Bertz CT molecular complexity index is 731. The molecule has 1 aromatic heterocycles. The molecule has 0 fully saturated rings. The number of aryl methyl sites for hydroxylation is 1. The van der Waals surface area contributed by atoms with E-state index in [1.54, 1.807) is 18.5 Å². The molecule has 0 saturated carbocycles. The Kier molecular flexibility index (Phi) is 5.88. The van der Waals surface area contributed by atoms with Gasteiger partial charge >= 0.3 is 0 Å². The highest BCUT2D eigenvalue weighted by Crippen LogP contribution is 2.18. The molecule has 2 atom stereocenters. The minimum atomic E-state index is -0.692. The van der Waals surface area contributed by atoms with Gasteiger partial charge in [0.25, 0.3) is 0 Å². The summed E-state index contributed by atoms with van der Waals surface area (Å²) in [6.45, 7) is 3.79. The lowest BCUT2D eigenvalue weighted by Crippen LogP contribution is -2.47. The summed E-state index contributed by atoms with van der Waals surface area (Å²) in [6.07, 6.45) is 2.77.